The lowest BCUT2D eigenvalue weighted by Gasteiger charge is -2.17. The summed E-state index contributed by atoms with van der Waals surface area (Å²) >= 11 is 2.20. The third kappa shape index (κ3) is 3.70. The van der Waals surface area contributed by atoms with Gasteiger partial charge in [-0.15, -0.1) is 6.58 Å². The van der Waals surface area contributed by atoms with Crippen LogP contribution in [0.4, 0.5) is 0 Å². The average molecular weight is 350 g/mol. The van der Waals surface area contributed by atoms with Crippen LogP contribution in [0.1, 0.15) is 31.6 Å². The molecule has 0 saturated heterocycles. The first-order valence-corrected chi connectivity index (χ1v) is 6.76. The van der Waals surface area contributed by atoms with Gasteiger partial charge in [0.1, 0.15) is 3.57 Å². The first-order chi connectivity index (χ1) is 8.11. The number of aromatic nitrogens is 1. The lowest BCUT2D eigenvalue weighted by molar-refractivity contribution is 0.250. The van der Waals surface area contributed by atoms with Crippen molar-refractivity contribution in [3.05, 3.63) is 22.0 Å². The largest absolute Gasteiger partial charge is 0.475 e. The Labute approximate surface area is 116 Å². The highest BCUT2D eigenvalue weighted by atomic mass is 127. The maximum atomic E-state index is 5.57. The van der Waals surface area contributed by atoms with E-state index in [1.807, 2.05) is 25.1 Å². The van der Waals surface area contributed by atoms with E-state index in [9.17, 15) is 0 Å². The molecule has 1 aromatic heterocycles. The molecule has 1 aromatic rings. The number of hydrogen-bond donors (Lipinski definition) is 0. The van der Waals surface area contributed by atoms with Crippen LogP contribution in [0.15, 0.2) is 17.2 Å². The standard InChI is InChI=1S/C12H19IN2O2/c1-5-7-8-16-12-10(13)11(17-14-12)9(6-2)15(3)4/h6,9H,2,5,7-8H2,1,3-4H3/t9-/m1/s1. The van der Waals surface area contributed by atoms with Gasteiger partial charge < -0.3 is 9.26 Å². The van der Waals surface area contributed by atoms with Crippen LogP contribution in [0.5, 0.6) is 5.88 Å². The zero-order valence-electron chi connectivity index (χ0n) is 10.6. The third-order valence-corrected chi connectivity index (χ3v) is 3.41. The van der Waals surface area contributed by atoms with Crippen LogP contribution in [0.2, 0.25) is 0 Å². The Morgan fingerprint density at radius 3 is 2.82 bits per heavy atom. The molecule has 0 radical (unpaired) electrons. The number of hydrogen-bond acceptors (Lipinski definition) is 4. The highest BCUT2D eigenvalue weighted by molar-refractivity contribution is 14.1. The van der Waals surface area contributed by atoms with Crippen LogP contribution < -0.4 is 4.74 Å². The van der Waals surface area contributed by atoms with Crippen LogP contribution in [0.25, 0.3) is 0 Å². The van der Waals surface area contributed by atoms with Crippen molar-refractivity contribution in [2.45, 2.75) is 25.8 Å². The molecule has 0 aromatic carbocycles. The van der Waals surface area contributed by atoms with Gasteiger partial charge in [-0.25, -0.2) is 0 Å². The molecule has 96 valence electrons. The summed E-state index contributed by atoms with van der Waals surface area (Å²) < 4.78 is 11.8. The Balaban J connectivity index is 2.78. The van der Waals surface area contributed by atoms with E-state index < -0.39 is 0 Å². The van der Waals surface area contributed by atoms with Crippen LogP contribution in [-0.4, -0.2) is 30.8 Å². The summed E-state index contributed by atoms with van der Waals surface area (Å²) in [5.74, 6) is 1.37. The molecule has 1 rings (SSSR count). The van der Waals surface area contributed by atoms with Gasteiger partial charge in [-0.05, 0) is 48.3 Å². The van der Waals surface area contributed by atoms with Gasteiger partial charge >= 0.3 is 0 Å². The minimum absolute atomic E-state index is 0.0259. The Hall–Kier alpha value is -0.560. The second-order valence-corrected chi connectivity index (χ2v) is 5.09. The van der Waals surface area contributed by atoms with Crippen molar-refractivity contribution in [2.75, 3.05) is 20.7 Å². The van der Waals surface area contributed by atoms with Crippen molar-refractivity contribution in [2.24, 2.45) is 0 Å². The van der Waals surface area contributed by atoms with E-state index in [2.05, 4.69) is 41.3 Å². The maximum absolute atomic E-state index is 5.57. The zero-order valence-corrected chi connectivity index (χ0v) is 12.7. The first kappa shape index (κ1) is 14.5. The minimum atomic E-state index is 0.0259. The van der Waals surface area contributed by atoms with E-state index >= 15 is 0 Å². The molecule has 4 nitrogen and oxygen atoms in total. The average Bonchev–Trinajstić information content (AvgIpc) is 2.63. The number of halogens is 1. The normalized spacial score (nSPS) is 12.8. The Bertz CT molecular complexity index is 363. The van der Waals surface area contributed by atoms with Gasteiger partial charge in [0.15, 0.2) is 5.76 Å². The van der Waals surface area contributed by atoms with Crippen molar-refractivity contribution in [1.29, 1.82) is 0 Å². The molecule has 0 N–H and O–H groups in total. The Morgan fingerprint density at radius 1 is 1.59 bits per heavy atom. The molecule has 0 aliphatic rings. The van der Waals surface area contributed by atoms with Crippen molar-refractivity contribution < 1.29 is 9.26 Å². The SMILES string of the molecule is C=C[C@H](c1onc(OCCCC)c1I)N(C)C. The van der Waals surface area contributed by atoms with Gasteiger partial charge in [-0.1, -0.05) is 19.4 Å². The van der Waals surface area contributed by atoms with Crippen molar-refractivity contribution in [3.63, 3.8) is 0 Å². The van der Waals surface area contributed by atoms with Gasteiger partial charge in [0, 0.05) is 0 Å². The number of likely N-dealkylation sites (N-methyl/N-ethyl adjacent to an activating group) is 1. The monoisotopic (exact) mass is 350 g/mol. The summed E-state index contributed by atoms with van der Waals surface area (Å²) in [7, 11) is 3.95. The lowest BCUT2D eigenvalue weighted by Crippen LogP contribution is -2.18. The molecule has 0 spiro atoms. The molecular formula is C12H19IN2O2. The van der Waals surface area contributed by atoms with Crippen LogP contribution >= 0.6 is 22.6 Å². The minimum Gasteiger partial charge on any atom is -0.475 e. The molecule has 1 atom stereocenters. The fourth-order valence-electron chi connectivity index (χ4n) is 1.42. The van der Waals surface area contributed by atoms with E-state index in [0.717, 1.165) is 22.2 Å². The van der Waals surface area contributed by atoms with Crippen LogP contribution in [0, 0.1) is 3.57 Å². The Kier molecular flexibility index (Phi) is 5.97. The van der Waals surface area contributed by atoms with Gasteiger partial charge in [-0.3, -0.25) is 4.90 Å². The smallest absolute Gasteiger partial charge is 0.268 e. The molecule has 17 heavy (non-hydrogen) atoms. The molecule has 0 amide bonds. The van der Waals surface area contributed by atoms with Crippen molar-refractivity contribution in [3.8, 4) is 5.88 Å². The van der Waals surface area contributed by atoms with E-state index in [1.54, 1.807) is 0 Å². The molecule has 0 unspecified atom stereocenters. The summed E-state index contributed by atoms with van der Waals surface area (Å²) in [6.07, 6.45) is 3.96. The number of unbranched alkanes of at least 4 members (excludes halogenated alkanes) is 1. The quantitative estimate of drug-likeness (QED) is 0.430. The number of nitrogens with zero attached hydrogens (tertiary/aromatic N) is 2. The summed E-state index contributed by atoms with van der Waals surface area (Å²) in [6, 6.07) is 0.0259. The van der Waals surface area contributed by atoms with Gasteiger partial charge in [-0.2, -0.15) is 0 Å². The predicted octanol–water partition coefficient (Wildman–Crippen LogP) is 3.25. The third-order valence-electron chi connectivity index (χ3n) is 2.42. The highest BCUT2D eigenvalue weighted by Crippen LogP contribution is 2.30. The lowest BCUT2D eigenvalue weighted by atomic mass is 10.2. The zero-order chi connectivity index (χ0) is 12.8. The molecule has 0 saturated carbocycles. The molecule has 5 heteroatoms. The summed E-state index contributed by atoms with van der Waals surface area (Å²) in [5.41, 5.74) is 0. The topological polar surface area (TPSA) is 38.5 Å². The van der Waals surface area contributed by atoms with E-state index in [0.29, 0.717) is 12.5 Å². The fourth-order valence-corrected chi connectivity index (χ4v) is 2.09. The van der Waals surface area contributed by atoms with Crippen molar-refractivity contribution in [1.82, 2.24) is 10.1 Å². The molecule has 0 bridgehead atoms. The summed E-state index contributed by atoms with van der Waals surface area (Å²) in [6.45, 7) is 6.62. The van der Waals surface area contributed by atoms with Crippen LogP contribution in [-0.2, 0) is 0 Å². The molecule has 0 aliphatic carbocycles. The van der Waals surface area contributed by atoms with E-state index in [1.165, 1.54) is 0 Å². The summed E-state index contributed by atoms with van der Waals surface area (Å²) in [4.78, 5) is 2.02. The van der Waals surface area contributed by atoms with Crippen LogP contribution in [0.3, 0.4) is 0 Å². The summed E-state index contributed by atoms with van der Waals surface area (Å²) in [5, 5.41) is 3.96. The first-order valence-electron chi connectivity index (χ1n) is 5.68. The fraction of sp³-hybridized carbons (Fsp3) is 0.583. The highest BCUT2D eigenvalue weighted by Gasteiger charge is 2.22. The van der Waals surface area contributed by atoms with Gasteiger partial charge in [0.05, 0.1) is 12.6 Å². The molecule has 1 heterocycles. The second kappa shape index (κ2) is 7.00. The van der Waals surface area contributed by atoms with E-state index in [-0.39, 0.29) is 6.04 Å². The number of ether oxygens (including phenoxy) is 1. The Morgan fingerprint density at radius 2 is 2.29 bits per heavy atom. The van der Waals surface area contributed by atoms with Gasteiger partial charge in [0.25, 0.3) is 5.88 Å². The maximum Gasteiger partial charge on any atom is 0.268 e. The second-order valence-electron chi connectivity index (χ2n) is 4.01. The molecular weight excluding hydrogens is 331 g/mol. The van der Waals surface area contributed by atoms with E-state index in [4.69, 9.17) is 9.26 Å². The molecule has 0 fully saturated rings. The van der Waals surface area contributed by atoms with Crippen molar-refractivity contribution >= 4 is 22.6 Å². The number of rotatable bonds is 7. The molecule has 0 aliphatic heterocycles. The predicted molar refractivity (Wildman–Crippen MR) is 76.2 cm³/mol. The van der Waals surface area contributed by atoms with Gasteiger partial charge in [0.2, 0.25) is 0 Å².